The maximum Gasteiger partial charge on any atom is 0.227 e. The van der Waals surface area contributed by atoms with Crippen molar-refractivity contribution in [3.8, 4) is 40.2 Å². The molecular formula is C99H129FN8O11. The van der Waals surface area contributed by atoms with Gasteiger partial charge in [-0.25, -0.2) is 9.37 Å². The summed E-state index contributed by atoms with van der Waals surface area (Å²) in [6.07, 6.45) is 20.5. The summed E-state index contributed by atoms with van der Waals surface area (Å²) in [5, 5.41) is 2.83. The molecule has 19 nitrogen and oxygen atoms in total. The van der Waals surface area contributed by atoms with E-state index in [0.717, 1.165) is 160 Å². The normalized spacial score (nSPS) is 18.6. The Morgan fingerprint density at radius 1 is 0.395 bits per heavy atom. The molecule has 8 atom stereocenters. The van der Waals surface area contributed by atoms with Gasteiger partial charge < -0.3 is 63.0 Å². The first-order valence-electron chi connectivity index (χ1n) is 44.1. The smallest absolute Gasteiger partial charge is 0.227 e. The number of aromatic nitrogens is 2. The van der Waals surface area contributed by atoms with Gasteiger partial charge in [0, 0.05) is 127 Å². The molecule has 2 aliphatic carbocycles. The molecule has 1 N–H and O–H groups in total. The lowest BCUT2D eigenvalue weighted by molar-refractivity contribution is -0.122. The van der Waals surface area contributed by atoms with Gasteiger partial charge in [0.2, 0.25) is 11.9 Å². The van der Waals surface area contributed by atoms with Gasteiger partial charge in [-0.15, -0.1) is 0 Å². The number of carbonyl (C=O) groups is 4. The number of anilines is 5. The van der Waals surface area contributed by atoms with E-state index in [0.29, 0.717) is 80.2 Å². The van der Waals surface area contributed by atoms with Crippen molar-refractivity contribution in [1.29, 1.82) is 0 Å². The summed E-state index contributed by atoms with van der Waals surface area (Å²) < 4.78 is 56.6. The van der Waals surface area contributed by atoms with Crippen LogP contribution in [0, 0.1) is 5.82 Å². The lowest BCUT2D eigenvalue weighted by Crippen LogP contribution is -2.27. The number of likely N-dealkylation sites (N-methyl/N-ethyl adjacent to an activating group) is 1. The van der Waals surface area contributed by atoms with Crippen LogP contribution in [-0.4, -0.2) is 149 Å². The monoisotopic (exact) mass is 1620 g/mol. The molecule has 4 unspecified atom stereocenters. The van der Waals surface area contributed by atoms with Gasteiger partial charge in [0.25, 0.3) is 0 Å². The lowest BCUT2D eigenvalue weighted by atomic mass is 9.94. The molecule has 2 saturated carbocycles. The summed E-state index contributed by atoms with van der Waals surface area (Å²) in [6, 6.07) is 57.1. The molecule has 0 radical (unpaired) electrons. The van der Waals surface area contributed by atoms with Crippen molar-refractivity contribution < 1.29 is 56.7 Å². The number of amides is 1. The molecule has 0 bridgehead atoms. The Labute approximate surface area is 707 Å². The summed E-state index contributed by atoms with van der Waals surface area (Å²) in [7, 11) is 3.65. The van der Waals surface area contributed by atoms with Crippen LogP contribution < -0.4 is 63.0 Å². The summed E-state index contributed by atoms with van der Waals surface area (Å²) in [6.45, 7) is 26.2. The fourth-order valence-corrected chi connectivity index (χ4v) is 15.8. The van der Waals surface area contributed by atoms with Crippen molar-refractivity contribution >= 4 is 52.1 Å². The van der Waals surface area contributed by atoms with Gasteiger partial charge in [-0.1, -0.05) is 97.0 Å². The van der Waals surface area contributed by atoms with Gasteiger partial charge in [0.05, 0.1) is 57.1 Å². The Hall–Kier alpha value is -10.4. The number of ether oxygens (including phenoxy) is 7. The first kappa shape index (κ1) is 89.4. The predicted octanol–water partition coefficient (Wildman–Crippen LogP) is 20.1. The van der Waals surface area contributed by atoms with E-state index in [-0.39, 0.29) is 54.0 Å². The summed E-state index contributed by atoms with van der Waals surface area (Å²) in [4.78, 5) is 67.4. The average Bonchev–Trinajstić information content (AvgIpc) is 1.55. The second-order valence-corrected chi connectivity index (χ2v) is 32.9. The van der Waals surface area contributed by atoms with Gasteiger partial charge in [-0.05, 0) is 228 Å². The quantitative estimate of drug-likeness (QED) is 0.0395. The summed E-state index contributed by atoms with van der Waals surface area (Å²) in [5.41, 5.74) is 7.80. The number of halogens is 1. The molecule has 1 aromatic heterocycles. The van der Waals surface area contributed by atoms with Gasteiger partial charge in [-0.3, -0.25) is 19.2 Å². The average molecular weight is 1630 g/mol. The highest BCUT2D eigenvalue weighted by Gasteiger charge is 2.32. The molecule has 6 fully saturated rings. The van der Waals surface area contributed by atoms with Crippen LogP contribution in [0.25, 0.3) is 0 Å². The first-order chi connectivity index (χ1) is 57.7. The molecule has 4 aliphatic heterocycles. The molecule has 20 heteroatoms. The zero-order valence-corrected chi connectivity index (χ0v) is 72.3. The van der Waals surface area contributed by atoms with Crippen LogP contribution in [0.3, 0.4) is 0 Å². The van der Waals surface area contributed by atoms with E-state index in [1.165, 1.54) is 68.2 Å². The highest BCUT2D eigenvalue weighted by atomic mass is 19.1. The number of Topliss-reactive ketones (excluding diaryl/α,β-unsaturated/α-hetero) is 3. The number of benzene rings is 7. The number of rotatable bonds is 35. The van der Waals surface area contributed by atoms with E-state index >= 15 is 0 Å². The number of hydrogen-bond acceptors (Lipinski definition) is 18. The van der Waals surface area contributed by atoms with E-state index in [4.69, 9.17) is 33.2 Å². The Bertz CT molecular complexity index is 4410. The molecule has 0 spiro atoms. The van der Waals surface area contributed by atoms with E-state index in [9.17, 15) is 23.6 Å². The Kier molecular flexibility index (Phi) is 33.9. The zero-order chi connectivity index (χ0) is 84.2. The number of nitrogens with one attached hydrogen (secondary N) is 1. The summed E-state index contributed by atoms with van der Waals surface area (Å²) >= 11 is 0. The second kappa shape index (κ2) is 45.2. The number of carbonyl (C=O) groups excluding carboxylic acids is 4. The van der Waals surface area contributed by atoms with Gasteiger partial charge >= 0.3 is 0 Å². The third-order valence-corrected chi connectivity index (χ3v) is 23.4. The lowest BCUT2D eigenvalue weighted by Gasteiger charge is -2.26. The molecule has 4 saturated heterocycles. The van der Waals surface area contributed by atoms with Crippen LogP contribution >= 0.6 is 0 Å². The highest BCUT2D eigenvalue weighted by Crippen LogP contribution is 2.35. The van der Waals surface area contributed by atoms with Crippen LogP contribution in [0.2, 0.25) is 0 Å². The topological polar surface area (TPSA) is 187 Å². The van der Waals surface area contributed by atoms with Gasteiger partial charge in [-0.2, -0.15) is 4.98 Å². The number of hydrogen-bond donors (Lipinski definition) is 1. The standard InChI is InChI=1S/C27H35NO3.C26H33NO3.C25H33NO3.C21H28FN5O2/c1-3-6-27(29)20(2)21-9-13-24(14-10-21)31-26-17-18-28(19-26)22-11-15-25(16-12-22)30-23-7-4-5-8-23;1-3-5-26(28)19(2)20-8-12-23(13-9-20)30-25-16-17-27(18-25)21-10-14-24(15-11-21)29-22-6-4-7-22;1-4-6-25(27)19(3)20-7-11-23(12-8-20)29-24-15-16-26(18-24)21-9-13-22(14-10-21)28-17-5-2;1-5-23-20(28)14(2)15-6-8-16(9-7-15)29-17-10-11-27(13-17)19-18(22)12-24-21(25-19)26(3)4/h9-16,20,23,26H,3-8,17-19H2,1-2H3;8-15,19,22,25H,3-7,16-18H2,1-2H3;7-14,19,24H,4-6,15-18H2,1-3H3;6-9,12,14,17H,5,10-11,13H2,1-4H3,(H,23,28)/t20?,26-;19?,25-;19?,24-;14?,17-/m1111/s1. The number of nitrogens with zero attached hydrogens (tertiary/aromatic N) is 7. The third kappa shape index (κ3) is 26.3. The predicted molar refractivity (Wildman–Crippen MR) is 475 cm³/mol. The molecule has 7 aromatic carbocycles. The van der Waals surface area contributed by atoms with Gasteiger partial charge in [0.1, 0.15) is 82.0 Å². The fraction of sp³-hybridized carbons (Fsp3) is 0.495. The summed E-state index contributed by atoms with van der Waals surface area (Å²) in [5.74, 6) is 7.19. The highest BCUT2D eigenvalue weighted by molar-refractivity contribution is 5.86. The minimum absolute atomic E-state index is 0.0107. The minimum atomic E-state index is -0.431. The third-order valence-electron chi connectivity index (χ3n) is 23.4. The molecular weight excluding hydrogens is 1500 g/mol. The molecule has 5 heterocycles. The van der Waals surface area contributed by atoms with E-state index in [1.807, 2.05) is 184 Å². The van der Waals surface area contributed by atoms with Crippen molar-refractivity contribution in [2.45, 2.75) is 238 Å². The van der Waals surface area contributed by atoms with Crippen LogP contribution in [0.4, 0.5) is 33.2 Å². The minimum Gasteiger partial charge on any atom is -0.494 e. The SMILES string of the molecule is CCCC(=O)C(C)c1ccc(O[C@@H]2CCN(c3ccc(OC4CCC4)cc3)C2)cc1.CCCC(=O)C(C)c1ccc(O[C@@H]2CCN(c3ccc(OC4CCCC4)cc3)C2)cc1.CCCOc1ccc(N2CC[C@@H](Oc3ccc(C(C)C(=O)CCC)cc3)C2)cc1.CCNC(=O)C(C)c1ccc(O[C@@H]2CCN(c3nc(N(C)C)ncc3F)C2)cc1. The Morgan fingerprint density at radius 2 is 0.697 bits per heavy atom. The van der Waals surface area contributed by atoms with Crippen LogP contribution in [-0.2, 0) is 19.2 Å². The zero-order valence-electron chi connectivity index (χ0n) is 72.3. The van der Waals surface area contributed by atoms with Crippen molar-refractivity contribution in [1.82, 2.24) is 15.3 Å². The van der Waals surface area contributed by atoms with Crippen molar-refractivity contribution in [3.63, 3.8) is 0 Å². The molecule has 1 amide bonds. The Balaban J connectivity index is 0.000000155. The van der Waals surface area contributed by atoms with Crippen LogP contribution in [0.15, 0.2) is 176 Å². The fourth-order valence-electron chi connectivity index (χ4n) is 15.8. The van der Waals surface area contributed by atoms with Crippen LogP contribution in [0.1, 0.15) is 224 Å². The first-order valence-corrected chi connectivity index (χ1v) is 44.1. The van der Waals surface area contributed by atoms with E-state index in [2.05, 4.69) is 97.6 Å². The second-order valence-electron chi connectivity index (χ2n) is 32.9. The molecule has 638 valence electrons. The largest absolute Gasteiger partial charge is 0.494 e. The molecule has 14 rings (SSSR count). The molecule has 119 heavy (non-hydrogen) atoms. The molecule has 6 aliphatic rings. The van der Waals surface area contributed by atoms with Gasteiger partial charge in [0.15, 0.2) is 11.6 Å². The van der Waals surface area contributed by atoms with E-state index < -0.39 is 5.82 Å². The number of ketones is 3. The van der Waals surface area contributed by atoms with Crippen molar-refractivity contribution in [3.05, 3.63) is 204 Å². The Morgan fingerprint density at radius 3 is 1.01 bits per heavy atom. The van der Waals surface area contributed by atoms with E-state index in [1.54, 1.807) is 4.90 Å². The molecule has 8 aromatic rings. The van der Waals surface area contributed by atoms with Crippen LogP contribution in [0.5, 0.6) is 40.2 Å². The van der Waals surface area contributed by atoms with Crippen molar-refractivity contribution in [2.75, 3.05) is 104 Å². The maximum absolute atomic E-state index is 14.2. The maximum atomic E-state index is 14.2. The van der Waals surface area contributed by atoms with Crippen molar-refractivity contribution in [2.24, 2.45) is 0 Å².